The van der Waals surface area contributed by atoms with E-state index >= 15 is 0 Å². The van der Waals surface area contributed by atoms with Gasteiger partial charge >= 0.3 is 7.12 Å². The summed E-state index contributed by atoms with van der Waals surface area (Å²) in [5.41, 5.74) is -0.112. The summed E-state index contributed by atoms with van der Waals surface area (Å²) in [7, 11) is 1.09. The van der Waals surface area contributed by atoms with Crippen LogP contribution in [-0.2, 0) is 14.0 Å². The third-order valence-corrected chi connectivity index (χ3v) is 4.18. The van der Waals surface area contributed by atoms with Crippen molar-refractivity contribution < 1.29 is 23.9 Å². The number of aromatic hydroxyl groups is 1. The molecule has 0 unspecified atom stereocenters. The summed E-state index contributed by atoms with van der Waals surface area (Å²) >= 11 is 0. The van der Waals surface area contributed by atoms with E-state index in [1.165, 1.54) is 0 Å². The minimum atomic E-state index is -0.530. The quantitative estimate of drug-likeness (QED) is 0.844. The van der Waals surface area contributed by atoms with Crippen molar-refractivity contribution in [2.45, 2.75) is 51.9 Å². The van der Waals surface area contributed by atoms with Crippen LogP contribution < -0.4 is 10.2 Å². The van der Waals surface area contributed by atoms with Gasteiger partial charge in [-0.1, -0.05) is 0 Å². The summed E-state index contributed by atoms with van der Waals surface area (Å²) in [6.07, 6.45) is -0.113. The highest BCUT2D eigenvalue weighted by Gasteiger charge is 2.51. The largest absolute Gasteiger partial charge is 0.508 e. The fraction of sp³-hybridized carbons (Fsp3) is 0.625. The van der Waals surface area contributed by atoms with Crippen molar-refractivity contribution >= 4 is 12.6 Å². The zero-order valence-corrected chi connectivity index (χ0v) is 14.2. The molecule has 5 nitrogen and oxygen atoms in total. The lowest BCUT2D eigenvalue weighted by atomic mass is 9.79. The topological polar surface area (TPSA) is 57.2 Å². The number of methoxy groups -OCH3 is 1. The summed E-state index contributed by atoms with van der Waals surface area (Å²) in [6, 6.07) is 5.03. The van der Waals surface area contributed by atoms with Gasteiger partial charge < -0.3 is 23.9 Å². The van der Waals surface area contributed by atoms with Gasteiger partial charge in [0.15, 0.2) is 0 Å². The first kappa shape index (κ1) is 17.1. The Bertz CT molecular complexity index is 513. The number of rotatable bonds is 5. The lowest BCUT2D eigenvalue weighted by molar-refractivity contribution is 0.00578. The van der Waals surface area contributed by atoms with Gasteiger partial charge in [0.05, 0.1) is 17.8 Å². The monoisotopic (exact) mass is 308 g/mol. The molecular formula is C16H25BO5. The third-order valence-electron chi connectivity index (χ3n) is 4.18. The average Bonchev–Trinajstić information content (AvgIpc) is 2.58. The van der Waals surface area contributed by atoms with Gasteiger partial charge in [0.25, 0.3) is 0 Å². The van der Waals surface area contributed by atoms with Gasteiger partial charge in [-0.25, -0.2) is 0 Å². The molecule has 6 heteroatoms. The Labute approximate surface area is 132 Å². The number of hydrogen-bond acceptors (Lipinski definition) is 5. The lowest BCUT2D eigenvalue weighted by Gasteiger charge is -2.32. The van der Waals surface area contributed by atoms with E-state index < -0.39 is 18.3 Å². The molecule has 1 heterocycles. The van der Waals surface area contributed by atoms with Crippen molar-refractivity contribution in [3.8, 4) is 11.5 Å². The molecule has 1 fully saturated rings. The van der Waals surface area contributed by atoms with Crippen molar-refractivity contribution in [2.75, 3.05) is 13.7 Å². The summed E-state index contributed by atoms with van der Waals surface area (Å²) in [5, 5.41) is 9.93. The Kier molecular flexibility index (Phi) is 4.75. The first-order valence-electron chi connectivity index (χ1n) is 7.50. The summed E-state index contributed by atoms with van der Waals surface area (Å²) in [4.78, 5) is 0. The lowest BCUT2D eigenvalue weighted by Crippen LogP contribution is -2.41. The molecule has 1 aliphatic rings. The first-order valence-corrected chi connectivity index (χ1v) is 7.50. The average molecular weight is 308 g/mol. The van der Waals surface area contributed by atoms with Gasteiger partial charge in [-0.3, -0.25) is 0 Å². The molecule has 0 bridgehead atoms. The van der Waals surface area contributed by atoms with Gasteiger partial charge in [-0.15, -0.1) is 0 Å². The Balaban J connectivity index is 2.21. The molecule has 1 saturated heterocycles. The molecule has 0 aromatic heterocycles. The second-order valence-corrected chi connectivity index (χ2v) is 6.73. The summed E-state index contributed by atoms with van der Waals surface area (Å²) < 4.78 is 22.8. The molecule has 1 N–H and O–H groups in total. The van der Waals surface area contributed by atoms with Gasteiger partial charge in [-0.05, 0) is 52.2 Å². The highest BCUT2D eigenvalue weighted by Crippen LogP contribution is 2.37. The Morgan fingerprint density at radius 1 is 1.14 bits per heavy atom. The number of phenolic OH excluding ortho intramolecular Hbond substituents is 1. The van der Waals surface area contributed by atoms with Gasteiger partial charge in [0, 0.05) is 13.2 Å². The van der Waals surface area contributed by atoms with E-state index in [1.807, 2.05) is 40.7 Å². The summed E-state index contributed by atoms with van der Waals surface area (Å²) in [5.74, 6) is 0.682. The molecule has 0 aliphatic carbocycles. The van der Waals surface area contributed by atoms with Gasteiger partial charge in [0.1, 0.15) is 17.6 Å². The molecular weight excluding hydrogens is 283 g/mol. The first-order chi connectivity index (χ1) is 10.1. The van der Waals surface area contributed by atoms with Crippen LogP contribution in [0.4, 0.5) is 0 Å². The van der Waals surface area contributed by atoms with Crippen LogP contribution in [0.3, 0.4) is 0 Å². The molecule has 1 atom stereocenters. The molecule has 0 amide bonds. The van der Waals surface area contributed by atoms with E-state index in [2.05, 4.69) is 0 Å². The zero-order valence-electron chi connectivity index (χ0n) is 14.2. The predicted molar refractivity (Wildman–Crippen MR) is 85.8 cm³/mol. The molecule has 1 aliphatic heterocycles. The number of benzene rings is 1. The standard InChI is InChI=1S/C16H25BO5/c1-11(10-19-6)20-14-8-12(7-13(18)9-14)17-21-15(2,3)16(4,5)22-17/h7-9,11,18H,10H2,1-6H3/t11-/m0/s1. The van der Waals surface area contributed by atoms with E-state index in [0.717, 1.165) is 5.46 Å². The van der Waals surface area contributed by atoms with Gasteiger partial charge in [-0.2, -0.15) is 0 Å². The van der Waals surface area contributed by atoms with Crippen molar-refractivity contribution in [2.24, 2.45) is 0 Å². The normalized spacial score (nSPS) is 20.9. The molecule has 0 radical (unpaired) electrons. The maximum atomic E-state index is 9.93. The van der Waals surface area contributed by atoms with Crippen LogP contribution in [0.5, 0.6) is 11.5 Å². The minimum absolute atomic E-state index is 0.113. The SMILES string of the molecule is COC[C@H](C)Oc1cc(O)cc(B2OC(C)(C)C(C)(C)O2)c1. The molecule has 2 rings (SSSR count). The minimum Gasteiger partial charge on any atom is -0.508 e. The highest BCUT2D eigenvalue weighted by atomic mass is 16.7. The second kappa shape index (κ2) is 6.10. The van der Waals surface area contributed by atoms with Crippen molar-refractivity contribution in [1.82, 2.24) is 0 Å². The number of phenols is 1. The van der Waals surface area contributed by atoms with Gasteiger partial charge in [0.2, 0.25) is 0 Å². The predicted octanol–water partition coefficient (Wildman–Crippen LogP) is 2.11. The van der Waals surface area contributed by atoms with E-state index in [1.54, 1.807) is 19.2 Å². The fourth-order valence-electron chi connectivity index (χ4n) is 2.29. The maximum absolute atomic E-state index is 9.93. The molecule has 1 aromatic carbocycles. The Morgan fingerprint density at radius 3 is 2.27 bits per heavy atom. The van der Waals surface area contributed by atoms with E-state index in [-0.39, 0.29) is 11.9 Å². The van der Waals surface area contributed by atoms with Crippen LogP contribution in [0, 0.1) is 0 Å². The third kappa shape index (κ3) is 3.56. The van der Waals surface area contributed by atoms with Crippen LogP contribution in [0.1, 0.15) is 34.6 Å². The van der Waals surface area contributed by atoms with E-state index in [0.29, 0.717) is 12.4 Å². The number of hydrogen-bond donors (Lipinski definition) is 1. The van der Waals surface area contributed by atoms with Crippen LogP contribution in [0.25, 0.3) is 0 Å². The smallest absolute Gasteiger partial charge is 0.495 e. The summed E-state index contributed by atoms with van der Waals surface area (Å²) in [6.45, 7) is 10.4. The van der Waals surface area contributed by atoms with Crippen LogP contribution >= 0.6 is 0 Å². The fourth-order valence-corrected chi connectivity index (χ4v) is 2.29. The highest BCUT2D eigenvalue weighted by molar-refractivity contribution is 6.62. The molecule has 0 saturated carbocycles. The van der Waals surface area contributed by atoms with Crippen molar-refractivity contribution in [3.05, 3.63) is 18.2 Å². The van der Waals surface area contributed by atoms with E-state index in [4.69, 9.17) is 18.8 Å². The zero-order chi connectivity index (χ0) is 16.5. The van der Waals surface area contributed by atoms with E-state index in [9.17, 15) is 5.11 Å². The molecule has 0 spiro atoms. The molecule has 1 aromatic rings. The molecule has 122 valence electrons. The Hall–Kier alpha value is -1.24. The van der Waals surface area contributed by atoms with Crippen LogP contribution in [0.15, 0.2) is 18.2 Å². The van der Waals surface area contributed by atoms with Crippen molar-refractivity contribution in [3.63, 3.8) is 0 Å². The van der Waals surface area contributed by atoms with Crippen LogP contribution in [-0.4, -0.2) is 43.2 Å². The molecule has 22 heavy (non-hydrogen) atoms. The number of ether oxygens (including phenoxy) is 2. The van der Waals surface area contributed by atoms with Crippen molar-refractivity contribution in [1.29, 1.82) is 0 Å². The second-order valence-electron chi connectivity index (χ2n) is 6.73. The van der Waals surface area contributed by atoms with Crippen LogP contribution in [0.2, 0.25) is 0 Å². The Morgan fingerprint density at radius 2 is 1.73 bits per heavy atom. The maximum Gasteiger partial charge on any atom is 0.495 e.